The number of aliphatic hydroxyl groups excluding tert-OH is 1. The SMILES string of the molecule is CCC(C)CCO.CCC(C)c1ccc([N+](=O)[O-])c(C(C)OC(=O)Oc2ccc([N+](=O)[O-])cc2)c1. The molecule has 0 spiro atoms. The quantitative estimate of drug-likeness (QED) is 0.168. The highest BCUT2D eigenvalue weighted by molar-refractivity contribution is 5.64. The monoisotopic (exact) mass is 490 g/mol. The summed E-state index contributed by atoms with van der Waals surface area (Å²) in [4.78, 5) is 32.9. The van der Waals surface area contributed by atoms with Crippen molar-refractivity contribution in [3.05, 3.63) is 73.8 Å². The number of carbonyl (C=O) groups is 1. The van der Waals surface area contributed by atoms with Gasteiger partial charge in [-0.15, -0.1) is 0 Å². The molecular formula is C25H34N2O8. The smallest absolute Gasteiger partial charge is 0.426 e. The van der Waals surface area contributed by atoms with E-state index in [1.54, 1.807) is 12.1 Å². The molecule has 1 N–H and O–H groups in total. The lowest BCUT2D eigenvalue weighted by Crippen LogP contribution is -2.14. The highest BCUT2D eigenvalue weighted by Crippen LogP contribution is 2.32. The highest BCUT2D eigenvalue weighted by atomic mass is 16.7. The average molecular weight is 491 g/mol. The second-order valence-electron chi connectivity index (χ2n) is 8.27. The Morgan fingerprint density at radius 2 is 1.60 bits per heavy atom. The Kier molecular flexibility index (Phi) is 12.4. The molecule has 192 valence electrons. The number of ether oxygens (including phenoxy) is 2. The van der Waals surface area contributed by atoms with Crippen LogP contribution < -0.4 is 4.74 Å². The minimum Gasteiger partial charge on any atom is -0.426 e. The number of benzene rings is 2. The molecule has 10 nitrogen and oxygen atoms in total. The van der Waals surface area contributed by atoms with E-state index in [1.807, 2.05) is 13.8 Å². The van der Waals surface area contributed by atoms with Crippen molar-refractivity contribution in [1.29, 1.82) is 0 Å². The van der Waals surface area contributed by atoms with Crippen LogP contribution >= 0.6 is 0 Å². The highest BCUT2D eigenvalue weighted by Gasteiger charge is 2.24. The lowest BCUT2D eigenvalue weighted by molar-refractivity contribution is -0.386. The first-order chi connectivity index (χ1) is 16.5. The maximum absolute atomic E-state index is 12.0. The van der Waals surface area contributed by atoms with Crippen LogP contribution in [-0.2, 0) is 4.74 Å². The minimum atomic E-state index is -1.07. The van der Waals surface area contributed by atoms with E-state index in [-0.39, 0.29) is 28.6 Å². The van der Waals surface area contributed by atoms with Crippen molar-refractivity contribution in [1.82, 2.24) is 0 Å². The fourth-order valence-electron chi connectivity index (χ4n) is 3.00. The summed E-state index contributed by atoms with van der Waals surface area (Å²) in [5, 5.41) is 30.3. The Hall–Kier alpha value is -3.53. The number of carbonyl (C=O) groups excluding carboxylic acids is 1. The Bertz CT molecular complexity index is 978. The fraction of sp³-hybridized carbons (Fsp3) is 0.480. The summed E-state index contributed by atoms with van der Waals surface area (Å²) in [6, 6.07) is 9.65. The first-order valence-corrected chi connectivity index (χ1v) is 11.6. The van der Waals surface area contributed by atoms with E-state index in [1.165, 1.54) is 43.7 Å². The van der Waals surface area contributed by atoms with Gasteiger partial charge in [0.2, 0.25) is 0 Å². The van der Waals surface area contributed by atoms with Crippen LogP contribution in [0.25, 0.3) is 0 Å². The van der Waals surface area contributed by atoms with E-state index in [4.69, 9.17) is 14.6 Å². The zero-order valence-corrected chi connectivity index (χ0v) is 20.8. The van der Waals surface area contributed by atoms with Crippen LogP contribution in [-0.4, -0.2) is 27.7 Å². The Balaban J connectivity index is 0.000000762. The van der Waals surface area contributed by atoms with E-state index in [0.29, 0.717) is 12.5 Å². The number of hydrogen-bond donors (Lipinski definition) is 1. The fourth-order valence-corrected chi connectivity index (χ4v) is 3.00. The second-order valence-corrected chi connectivity index (χ2v) is 8.27. The zero-order valence-electron chi connectivity index (χ0n) is 20.8. The third-order valence-corrected chi connectivity index (χ3v) is 5.71. The normalized spacial score (nSPS) is 13.0. The van der Waals surface area contributed by atoms with Gasteiger partial charge in [0.05, 0.1) is 15.4 Å². The number of nitro groups is 2. The molecule has 35 heavy (non-hydrogen) atoms. The van der Waals surface area contributed by atoms with Crippen molar-refractivity contribution in [2.75, 3.05) is 6.61 Å². The number of rotatable bonds is 10. The third kappa shape index (κ3) is 9.70. The lowest BCUT2D eigenvalue weighted by atomic mass is 9.94. The van der Waals surface area contributed by atoms with Crippen LogP contribution in [0.3, 0.4) is 0 Å². The number of nitrogens with zero attached hydrogens (tertiary/aromatic N) is 2. The molecule has 2 rings (SSSR count). The molecule has 2 aromatic rings. The Labute approximate surface area is 205 Å². The van der Waals surface area contributed by atoms with Crippen molar-refractivity contribution >= 4 is 17.5 Å². The van der Waals surface area contributed by atoms with Crippen molar-refractivity contribution in [3.8, 4) is 5.75 Å². The van der Waals surface area contributed by atoms with E-state index in [9.17, 15) is 25.0 Å². The predicted molar refractivity (Wildman–Crippen MR) is 132 cm³/mol. The molecule has 0 aliphatic heterocycles. The molecule has 0 heterocycles. The molecule has 0 aliphatic carbocycles. The number of aliphatic hydroxyl groups is 1. The molecule has 2 aromatic carbocycles. The van der Waals surface area contributed by atoms with Gasteiger partial charge in [0.1, 0.15) is 11.9 Å². The molecule has 3 atom stereocenters. The van der Waals surface area contributed by atoms with Crippen molar-refractivity contribution in [2.45, 2.75) is 65.9 Å². The van der Waals surface area contributed by atoms with E-state index < -0.39 is 22.1 Å². The van der Waals surface area contributed by atoms with Gasteiger partial charge < -0.3 is 14.6 Å². The van der Waals surface area contributed by atoms with Gasteiger partial charge in [-0.25, -0.2) is 4.79 Å². The first kappa shape index (κ1) is 29.5. The van der Waals surface area contributed by atoms with Crippen molar-refractivity contribution in [3.63, 3.8) is 0 Å². The van der Waals surface area contributed by atoms with E-state index in [2.05, 4.69) is 13.8 Å². The maximum atomic E-state index is 12.0. The van der Waals surface area contributed by atoms with Gasteiger partial charge in [0.25, 0.3) is 11.4 Å². The molecule has 0 saturated heterocycles. The minimum absolute atomic E-state index is 0.0608. The van der Waals surface area contributed by atoms with Crippen LogP contribution in [0, 0.1) is 26.1 Å². The number of nitro benzene ring substituents is 2. The van der Waals surface area contributed by atoms with Gasteiger partial charge in [-0.05, 0) is 55.4 Å². The molecule has 0 radical (unpaired) electrons. The summed E-state index contributed by atoms with van der Waals surface area (Å²) < 4.78 is 10.2. The van der Waals surface area contributed by atoms with Gasteiger partial charge in [0.15, 0.2) is 0 Å². The third-order valence-electron chi connectivity index (χ3n) is 5.71. The summed E-state index contributed by atoms with van der Waals surface area (Å²) in [6.07, 6.45) is 1.01. The maximum Gasteiger partial charge on any atom is 0.514 e. The molecule has 10 heteroatoms. The summed E-state index contributed by atoms with van der Waals surface area (Å²) in [6.45, 7) is 10.2. The molecular weight excluding hydrogens is 456 g/mol. The first-order valence-electron chi connectivity index (χ1n) is 11.6. The van der Waals surface area contributed by atoms with Gasteiger partial charge in [0, 0.05) is 24.8 Å². The largest absolute Gasteiger partial charge is 0.514 e. The summed E-state index contributed by atoms with van der Waals surface area (Å²) >= 11 is 0. The summed E-state index contributed by atoms with van der Waals surface area (Å²) in [5.74, 6) is 0.953. The average Bonchev–Trinajstić information content (AvgIpc) is 2.83. The molecule has 0 aromatic heterocycles. The van der Waals surface area contributed by atoms with E-state index >= 15 is 0 Å². The van der Waals surface area contributed by atoms with Gasteiger partial charge in [-0.3, -0.25) is 20.2 Å². The number of hydrogen-bond acceptors (Lipinski definition) is 8. The molecule has 3 unspecified atom stereocenters. The second kappa shape index (κ2) is 14.7. The summed E-state index contributed by atoms with van der Waals surface area (Å²) in [7, 11) is 0. The molecule has 0 bridgehead atoms. The molecule has 0 saturated carbocycles. The van der Waals surface area contributed by atoms with Crippen LogP contribution in [0.15, 0.2) is 42.5 Å². The van der Waals surface area contributed by atoms with Crippen LogP contribution in [0.1, 0.15) is 77.0 Å². The van der Waals surface area contributed by atoms with Crippen LogP contribution in [0.5, 0.6) is 5.75 Å². The van der Waals surface area contributed by atoms with Crippen molar-refractivity contribution in [2.24, 2.45) is 5.92 Å². The topological polar surface area (TPSA) is 142 Å². The van der Waals surface area contributed by atoms with E-state index in [0.717, 1.165) is 18.4 Å². The molecule has 0 amide bonds. The number of non-ortho nitro benzene ring substituents is 1. The van der Waals surface area contributed by atoms with Gasteiger partial charge in [-0.2, -0.15) is 0 Å². The van der Waals surface area contributed by atoms with Crippen LogP contribution in [0.2, 0.25) is 0 Å². The Morgan fingerprint density at radius 1 is 0.971 bits per heavy atom. The van der Waals surface area contributed by atoms with Crippen molar-refractivity contribution < 1.29 is 29.2 Å². The van der Waals surface area contributed by atoms with Gasteiger partial charge >= 0.3 is 6.16 Å². The predicted octanol–water partition coefficient (Wildman–Crippen LogP) is 6.71. The molecule has 0 fully saturated rings. The molecule has 0 aliphatic rings. The zero-order chi connectivity index (χ0) is 26.5. The summed E-state index contributed by atoms with van der Waals surface area (Å²) in [5.41, 5.74) is 0.875. The lowest BCUT2D eigenvalue weighted by Gasteiger charge is -2.16. The standard InChI is InChI=1S/C19H20N2O7.C6H14O/c1-4-12(2)14-5-10-18(21(25)26)17(11-14)13(3)27-19(22)28-16-8-6-15(7-9-16)20(23)24;1-3-6(2)4-5-7/h5-13H,4H2,1-3H3;6-7H,3-5H2,1-2H3. The van der Waals surface area contributed by atoms with Gasteiger partial charge in [-0.1, -0.05) is 40.2 Å². The Morgan fingerprint density at radius 3 is 2.06 bits per heavy atom. The van der Waals surface area contributed by atoms with Crippen LogP contribution in [0.4, 0.5) is 16.2 Å².